The number of halogens is 3. The van der Waals surface area contributed by atoms with E-state index in [4.69, 9.17) is 20.8 Å². The summed E-state index contributed by atoms with van der Waals surface area (Å²) >= 11 is 0. The van der Waals surface area contributed by atoms with Gasteiger partial charge in [0.25, 0.3) is 0 Å². The normalized spacial score (nSPS) is 15.8. The first-order valence-corrected chi connectivity index (χ1v) is 14.0. The second kappa shape index (κ2) is 12.6. The van der Waals surface area contributed by atoms with Gasteiger partial charge in [-0.25, -0.2) is 4.85 Å². The first-order chi connectivity index (χ1) is 21.1. The number of aromatic nitrogens is 1. The Bertz CT molecular complexity index is 1650. The molecule has 11 heteroatoms. The molecule has 0 spiro atoms. The molecule has 1 aliphatic heterocycles. The molecule has 1 aliphatic rings. The molecule has 0 saturated carbocycles. The average Bonchev–Trinajstić information content (AvgIpc) is 3.39. The largest absolute Gasteiger partial charge is 0.493 e. The minimum absolute atomic E-state index is 0.240. The van der Waals surface area contributed by atoms with E-state index in [9.17, 15) is 23.1 Å². The van der Waals surface area contributed by atoms with Crippen molar-refractivity contribution in [3.05, 3.63) is 95.0 Å². The van der Waals surface area contributed by atoms with Gasteiger partial charge in [-0.1, -0.05) is 42.5 Å². The Morgan fingerprint density at radius 1 is 1.02 bits per heavy atom. The number of rotatable bonds is 10. The molecule has 0 bridgehead atoms. The Morgan fingerprint density at radius 2 is 1.68 bits per heavy atom. The fraction of sp³-hybridized carbons (Fsp3) is 0.333. The van der Waals surface area contributed by atoms with Gasteiger partial charge in [-0.3, -0.25) is 9.69 Å². The molecular formula is C33H32F3N3O5. The van der Waals surface area contributed by atoms with Gasteiger partial charge in [-0.2, -0.15) is 13.2 Å². The third kappa shape index (κ3) is 6.09. The number of piperidine rings is 1. The van der Waals surface area contributed by atoms with Crippen LogP contribution >= 0.6 is 0 Å². The summed E-state index contributed by atoms with van der Waals surface area (Å²) in [6.45, 7) is 7.49. The molecule has 1 fully saturated rings. The van der Waals surface area contributed by atoms with Crippen LogP contribution in [0.2, 0.25) is 0 Å². The Labute approximate surface area is 253 Å². The third-order valence-corrected chi connectivity index (χ3v) is 8.00. The summed E-state index contributed by atoms with van der Waals surface area (Å²) < 4.78 is 63.1. The van der Waals surface area contributed by atoms with E-state index in [0.29, 0.717) is 53.1 Å². The molecule has 0 aliphatic carbocycles. The number of β-amino-alcohol motifs (C(OH)–C–C–N with tert-alkyl or cyclic N) is 1. The lowest BCUT2D eigenvalue weighted by Crippen LogP contribution is -2.53. The Morgan fingerprint density at radius 3 is 2.25 bits per heavy atom. The zero-order chi connectivity index (χ0) is 31.5. The van der Waals surface area contributed by atoms with E-state index in [1.165, 1.54) is 44.7 Å². The van der Waals surface area contributed by atoms with E-state index in [0.717, 1.165) is 5.56 Å². The SMILES string of the molecule is [C-]#[N+]c1ccc2c(C(O)(CN3CCC(Oc4c(OC)cc(C=O)cc4OC)CC3)C(F)(F)F)cn(Cc3ccccc3)c2c1. The number of hydrogen-bond acceptors (Lipinski definition) is 6. The van der Waals surface area contributed by atoms with Crippen LogP contribution in [0.3, 0.4) is 0 Å². The third-order valence-electron chi connectivity index (χ3n) is 8.00. The maximum atomic E-state index is 14.8. The minimum Gasteiger partial charge on any atom is -0.493 e. The minimum atomic E-state index is -4.98. The second-order valence-electron chi connectivity index (χ2n) is 10.8. The lowest BCUT2D eigenvalue weighted by atomic mass is 9.91. The van der Waals surface area contributed by atoms with Gasteiger partial charge in [-0.05, 0) is 36.6 Å². The smallest absolute Gasteiger partial charge is 0.422 e. The van der Waals surface area contributed by atoms with E-state index in [1.54, 1.807) is 15.5 Å². The maximum absolute atomic E-state index is 14.8. The molecule has 8 nitrogen and oxygen atoms in total. The second-order valence-corrected chi connectivity index (χ2v) is 10.8. The fourth-order valence-electron chi connectivity index (χ4n) is 5.68. The summed E-state index contributed by atoms with van der Waals surface area (Å²) in [5, 5.41) is 11.8. The monoisotopic (exact) mass is 607 g/mol. The molecule has 1 saturated heterocycles. The first kappa shape index (κ1) is 30.9. The molecule has 1 aromatic heterocycles. The highest BCUT2D eigenvalue weighted by Crippen LogP contribution is 2.45. The lowest BCUT2D eigenvalue weighted by Gasteiger charge is -2.39. The van der Waals surface area contributed by atoms with Crippen LogP contribution in [-0.2, 0) is 12.1 Å². The summed E-state index contributed by atoms with van der Waals surface area (Å²) in [5.41, 5.74) is -1.47. The van der Waals surface area contributed by atoms with Crippen LogP contribution in [0.5, 0.6) is 17.2 Å². The molecule has 0 amide bonds. The number of carbonyl (C=O) groups is 1. The molecule has 2 heterocycles. The van der Waals surface area contributed by atoms with Crippen molar-refractivity contribution in [2.24, 2.45) is 0 Å². The molecule has 44 heavy (non-hydrogen) atoms. The van der Waals surface area contributed by atoms with Gasteiger partial charge in [-0.15, -0.1) is 0 Å². The number of ether oxygens (including phenoxy) is 3. The van der Waals surface area contributed by atoms with Crippen molar-refractivity contribution < 1.29 is 37.3 Å². The number of likely N-dealkylation sites (tertiary alicyclic amines) is 1. The van der Waals surface area contributed by atoms with Crippen LogP contribution in [-0.4, -0.2) is 67.0 Å². The quantitative estimate of drug-likeness (QED) is 0.167. The predicted octanol–water partition coefficient (Wildman–Crippen LogP) is 6.36. The number of carbonyl (C=O) groups excluding carboxylic acids is 1. The molecule has 4 aromatic rings. The molecule has 0 radical (unpaired) electrons. The average molecular weight is 608 g/mol. The van der Waals surface area contributed by atoms with Gasteiger partial charge in [0.1, 0.15) is 12.4 Å². The molecule has 1 unspecified atom stereocenters. The Kier molecular flexibility index (Phi) is 8.85. The highest BCUT2D eigenvalue weighted by molar-refractivity contribution is 5.88. The van der Waals surface area contributed by atoms with Crippen molar-refractivity contribution in [3.63, 3.8) is 0 Å². The van der Waals surface area contributed by atoms with Gasteiger partial charge in [0, 0.05) is 54.4 Å². The number of hydrogen-bond donors (Lipinski definition) is 1. The van der Waals surface area contributed by atoms with Gasteiger partial charge in [0.2, 0.25) is 11.4 Å². The topological polar surface area (TPSA) is 77.5 Å². The van der Waals surface area contributed by atoms with Gasteiger partial charge in [0.15, 0.2) is 17.2 Å². The van der Waals surface area contributed by atoms with Crippen LogP contribution in [0.1, 0.15) is 34.3 Å². The van der Waals surface area contributed by atoms with Crippen LogP contribution < -0.4 is 14.2 Å². The summed E-state index contributed by atoms with van der Waals surface area (Å²) in [6, 6.07) is 16.8. The van der Waals surface area contributed by atoms with E-state index < -0.39 is 18.3 Å². The number of aliphatic hydroxyl groups is 1. The summed E-state index contributed by atoms with van der Waals surface area (Å²) in [7, 11) is 2.88. The zero-order valence-corrected chi connectivity index (χ0v) is 24.3. The van der Waals surface area contributed by atoms with Crippen molar-refractivity contribution in [1.82, 2.24) is 9.47 Å². The van der Waals surface area contributed by atoms with Crippen LogP contribution in [0.25, 0.3) is 15.7 Å². The van der Waals surface area contributed by atoms with E-state index >= 15 is 0 Å². The van der Waals surface area contributed by atoms with Crippen molar-refractivity contribution in [3.8, 4) is 17.2 Å². The van der Waals surface area contributed by atoms with Crippen LogP contribution in [0.15, 0.2) is 66.9 Å². The van der Waals surface area contributed by atoms with Crippen LogP contribution in [0, 0.1) is 6.57 Å². The molecule has 230 valence electrons. The van der Waals surface area contributed by atoms with E-state index in [2.05, 4.69) is 4.85 Å². The highest BCUT2D eigenvalue weighted by atomic mass is 19.4. The number of aldehydes is 1. The molecule has 5 rings (SSSR count). The van der Waals surface area contributed by atoms with Crippen LogP contribution in [0.4, 0.5) is 18.9 Å². The number of fused-ring (bicyclic) bond motifs is 1. The number of nitrogens with zero attached hydrogens (tertiary/aromatic N) is 3. The van der Waals surface area contributed by atoms with Crippen molar-refractivity contribution in [2.45, 2.75) is 37.3 Å². The van der Waals surface area contributed by atoms with Gasteiger partial charge >= 0.3 is 6.18 Å². The van der Waals surface area contributed by atoms with Crippen molar-refractivity contribution in [2.75, 3.05) is 33.9 Å². The van der Waals surface area contributed by atoms with E-state index in [-0.39, 0.29) is 36.7 Å². The van der Waals surface area contributed by atoms with Gasteiger partial charge < -0.3 is 23.9 Å². The van der Waals surface area contributed by atoms with E-state index in [1.807, 2.05) is 30.3 Å². The predicted molar refractivity (Wildman–Crippen MR) is 159 cm³/mol. The number of benzene rings is 3. The summed E-state index contributed by atoms with van der Waals surface area (Å²) in [4.78, 5) is 16.3. The summed E-state index contributed by atoms with van der Waals surface area (Å²) in [6.07, 6.45) is -2.53. The van der Waals surface area contributed by atoms with Crippen molar-refractivity contribution >= 4 is 22.9 Å². The summed E-state index contributed by atoms with van der Waals surface area (Å²) in [5.74, 6) is 0.943. The molecule has 1 N–H and O–H groups in total. The molecule has 3 aromatic carbocycles. The molecule has 1 atom stereocenters. The zero-order valence-electron chi connectivity index (χ0n) is 24.3. The lowest BCUT2D eigenvalue weighted by molar-refractivity contribution is -0.272. The number of methoxy groups -OCH3 is 2. The first-order valence-electron chi connectivity index (χ1n) is 14.0. The standard InChI is InChI=1S/C33H32F3N3O5/c1-37-24-9-10-26-27(19-39(28(26)17-24)18-22-7-5-4-6-8-22)32(41,33(34,35)36)21-38-13-11-25(12-14-38)44-31-29(42-2)15-23(20-40)16-30(31)43-3/h4-10,15-17,19-20,25,41H,11-14,18,21H2,2-3H3. The Hall–Kier alpha value is -4.53. The number of alkyl halides is 3. The highest BCUT2D eigenvalue weighted by Gasteiger charge is 2.57. The molecular weight excluding hydrogens is 575 g/mol. The maximum Gasteiger partial charge on any atom is 0.422 e. The Balaban J connectivity index is 1.40. The van der Waals surface area contributed by atoms with Gasteiger partial charge in [0.05, 0.1) is 20.8 Å². The van der Waals surface area contributed by atoms with Crippen molar-refractivity contribution in [1.29, 1.82) is 0 Å². The fourth-order valence-corrected chi connectivity index (χ4v) is 5.68.